The number of hydrogen-bond acceptors (Lipinski definition) is 30. The predicted molar refractivity (Wildman–Crippen MR) is 482 cm³/mol. The molecule has 0 aliphatic carbocycles. The minimum atomic E-state index is 0.258. The summed E-state index contributed by atoms with van der Waals surface area (Å²) < 4.78 is 17.6. The molecule has 2 N–H and O–H groups in total. The normalized spacial score (nSPS) is 15.1. The molecule has 1 aromatic carbocycles. The molecule has 20 rings (SSSR count). The van der Waals surface area contributed by atoms with E-state index in [1.54, 1.807) is 87.7 Å². The average Bonchev–Trinajstić information content (AvgIpc) is 1.58. The predicted octanol–water partition coefficient (Wildman–Crippen LogP) is 18.2. The first-order valence-electron chi connectivity index (χ1n) is 39.5. The maximum absolute atomic E-state index is 12.1. The molecule has 4 saturated heterocycles. The highest BCUT2D eigenvalue weighted by molar-refractivity contribution is 9.10. The number of carbonyl (C=O) groups excluding carboxylic acids is 1. The van der Waals surface area contributed by atoms with Crippen molar-refractivity contribution < 1.29 is 19.0 Å². The van der Waals surface area contributed by atoms with Gasteiger partial charge >= 0.3 is 0 Å². The Kier molecular flexibility index (Phi) is 27.2. The Balaban J connectivity index is 0.000000111. The van der Waals surface area contributed by atoms with Gasteiger partial charge in [-0.2, -0.15) is 0 Å². The summed E-state index contributed by atoms with van der Waals surface area (Å²) in [6, 6.07) is 45.7. The molecule has 600 valence electrons. The topological polar surface area (TPSA) is 275 Å². The van der Waals surface area contributed by atoms with E-state index in [4.69, 9.17) is 39.1 Å². The molecule has 0 amide bonds. The highest BCUT2D eigenvalue weighted by Gasteiger charge is 2.27. The van der Waals surface area contributed by atoms with E-state index in [-0.39, 0.29) is 11.9 Å². The molecule has 25 nitrogen and oxygen atoms in total. The van der Waals surface area contributed by atoms with Gasteiger partial charge in [0.1, 0.15) is 81.7 Å². The van der Waals surface area contributed by atoms with Crippen LogP contribution in [0, 0.1) is 0 Å². The summed E-state index contributed by atoms with van der Waals surface area (Å²) in [6.45, 7) is 19.1. The third-order valence-electron chi connectivity index (χ3n) is 20.1. The summed E-state index contributed by atoms with van der Waals surface area (Å²) in [5, 5.41) is 22.7. The minimum Gasteiger partial charge on any atom is -0.378 e. The van der Waals surface area contributed by atoms with Gasteiger partial charge in [0, 0.05) is 117 Å². The van der Waals surface area contributed by atoms with E-state index >= 15 is 0 Å². The zero-order chi connectivity index (χ0) is 80.4. The molecule has 118 heavy (non-hydrogen) atoms. The van der Waals surface area contributed by atoms with Crippen molar-refractivity contribution in [2.24, 2.45) is 0 Å². The van der Waals surface area contributed by atoms with Crippen molar-refractivity contribution in [3.05, 3.63) is 202 Å². The highest BCUT2D eigenvalue weighted by atomic mass is 79.9. The number of thiophene rings is 5. The first kappa shape index (κ1) is 80.9. The van der Waals surface area contributed by atoms with Crippen molar-refractivity contribution >= 4 is 159 Å². The summed E-state index contributed by atoms with van der Waals surface area (Å²) >= 11 is 11.7. The molecule has 15 aromatic heterocycles. The monoisotopic (exact) mass is 1730 g/mol. The lowest BCUT2D eigenvalue weighted by atomic mass is 10.0. The van der Waals surface area contributed by atoms with Crippen LogP contribution in [-0.2, 0) is 19.0 Å². The Morgan fingerprint density at radius 3 is 1.44 bits per heavy atom. The van der Waals surface area contributed by atoms with Crippen molar-refractivity contribution in [2.45, 2.75) is 65.0 Å². The summed E-state index contributed by atoms with van der Waals surface area (Å²) in [6.07, 6.45) is 13.9. The third-order valence-corrected chi connectivity index (χ3v) is 25.2. The molecular weight excluding hydrogens is 1640 g/mol. The van der Waals surface area contributed by atoms with Crippen molar-refractivity contribution in [1.29, 1.82) is 0 Å². The number of Topliss-reactive ketones (excluding diaryl/α,β-unsaturated/α-hetero) is 1. The van der Waals surface area contributed by atoms with Crippen molar-refractivity contribution in [1.82, 2.24) is 79.7 Å². The number of aromatic nitrogens is 15. The molecule has 31 heteroatoms. The lowest BCUT2D eigenvalue weighted by Gasteiger charge is -2.28. The standard InChI is InChI=1S/C22H18N4OS.C19H25N5S.C16H16N4OS.C15H13BrN4OS.C15H14N4OS/c27-16-9-6-12-26(13-16)21-19-17(15-7-2-1-3-8-15)14-28-22(19)25-20(24-21)18-10-4-5-11-23-18;1-4-24(5-2)12-9-14(3)21-17-15-10-13-25-19(15)23-18(22-17)16-8-6-7-11-20-16;1-2-7-17-13(5-1)15-19-14(12-6-9-22-16(12)20-15)18-10-11-4-3-8-21-11;16-10-9-22-15-12(10)14(20-5-7-21-8-6-20)18-13(19-15)11-3-1-2-4-17-11;1-2-5-16-12(3-1)13-17-14(19-6-8-20-9-7-19)11-4-10-21-15(11)18-13/h1-5,7-8,10-11,14H,6,9,12-13H2;6-8,10-11,13-14H,4-5,9,12H2,1-3H3,(H,21,22,23);1-2,5-7,9,11H,3-4,8,10H2,(H,18,19,20);1-4,9H,5-8H2;1-5,10H,6-9H2. The zero-order valence-electron chi connectivity index (χ0n) is 65.4. The number of piperidine rings is 1. The fourth-order valence-corrected chi connectivity index (χ4v) is 18.8. The number of ketones is 1. The number of pyridine rings is 5. The van der Waals surface area contributed by atoms with Crippen LogP contribution >= 0.6 is 72.6 Å². The Bertz CT molecular complexity index is 5940. The van der Waals surface area contributed by atoms with Crippen molar-refractivity contribution in [3.8, 4) is 68.7 Å². The maximum Gasteiger partial charge on any atom is 0.181 e. The molecule has 16 aromatic rings. The smallest absolute Gasteiger partial charge is 0.181 e. The number of rotatable bonds is 19. The SMILES string of the molecule is Brc1csc2nc(-c3ccccn3)nc(N3CCOCC3)c12.CCN(CC)CCC(C)Nc1nc(-c2ccccn2)nc2sccc12.O=C1CCCN(c2nc(-c3ccccn3)nc3scc(-c4ccccc4)c23)C1.c1ccc(-c2nc(N3CCOCC3)c3ccsc3n2)nc1.c1ccc(-c2nc(NCC3CCCO3)c3ccsc3n2)nc1. The van der Waals surface area contributed by atoms with Crippen LogP contribution in [0.5, 0.6) is 0 Å². The second-order valence-electron chi connectivity index (χ2n) is 28.0. The van der Waals surface area contributed by atoms with Crippen LogP contribution in [-0.4, -0.2) is 196 Å². The summed E-state index contributed by atoms with van der Waals surface area (Å²) in [4.78, 5) is 95.3. The Labute approximate surface area is 711 Å². The minimum absolute atomic E-state index is 0.258. The van der Waals surface area contributed by atoms with Crippen LogP contribution in [0.25, 0.3) is 120 Å². The van der Waals surface area contributed by atoms with Gasteiger partial charge in [-0.3, -0.25) is 29.7 Å². The molecule has 2 atom stereocenters. The molecule has 0 radical (unpaired) electrons. The van der Waals surface area contributed by atoms with Crippen LogP contribution in [0.15, 0.2) is 202 Å². The number of anilines is 5. The van der Waals surface area contributed by atoms with Crippen LogP contribution in [0.2, 0.25) is 0 Å². The van der Waals surface area contributed by atoms with Gasteiger partial charge in [-0.1, -0.05) is 74.5 Å². The van der Waals surface area contributed by atoms with Crippen LogP contribution in [0.1, 0.15) is 52.9 Å². The van der Waals surface area contributed by atoms with Gasteiger partial charge < -0.3 is 44.4 Å². The summed E-state index contributed by atoms with van der Waals surface area (Å²) in [5.41, 5.74) is 6.18. The van der Waals surface area contributed by atoms with E-state index in [1.807, 2.05) is 115 Å². The lowest BCUT2D eigenvalue weighted by Crippen LogP contribution is -2.37. The number of hydrogen-bond donors (Lipinski definition) is 2. The van der Waals surface area contributed by atoms with E-state index in [0.29, 0.717) is 48.1 Å². The highest BCUT2D eigenvalue weighted by Crippen LogP contribution is 2.42. The molecule has 4 aliphatic rings. The molecule has 19 heterocycles. The fraction of sp³-hybridized carbons (Fsp3) is 0.287. The second kappa shape index (κ2) is 39.6. The van der Waals surface area contributed by atoms with Gasteiger partial charge in [0.05, 0.1) is 66.0 Å². The van der Waals surface area contributed by atoms with Crippen LogP contribution in [0.3, 0.4) is 0 Å². The van der Waals surface area contributed by atoms with Crippen molar-refractivity contribution in [3.63, 3.8) is 0 Å². The fourth-order valence-electron chi connectivity index (χ4n) is 14.0. The Morgan fingerprint density at radius 1 is 0.475 bits per heavy atom. The van der Waals surface area contributed by atoms with Gasteiger partial charge in [0.15, 0.2) is 34.9 Å². The van der Waals surface area contributed by atoms with E-state index < -0.39 is 0 Å². The maximum atomic E-state index is 12.1. The number of fused-ring (bicyclic) bond motifs is 5. The molecule has 4 fully saturated rings. The molecule has 0 spiro atoms. The lowest BCUT2D eigenvalue weighted by molar-refractivity contribution is -0.118. The Morgan fingerprint density at radius 2 is 0.932 bits per heavy atom. The van der Waals surface area contributed by atoms with Gasteiger partial charge in [-0.15, -0.1) is 56.7 Å². The summed E-state index contributed by atoms with van der Waals surface area (Å²) in [5.74, 6) is 8.10. The molecule has 2 unspecified atom stereocenters. The van der Waals surface area contributed by atoms with E-state index in [9.17, 15) is 4.79 Å². The van der Waals surface area contributed by atoms with Crippen LogP contribution < -0.4 is 25.3 Å². The van der Waals surface area contributed by atoms with Gasteiger partial charge in [0.2, 0.25) is 0 Å². The van der Waals surface area contributed by atoms with Crippen molar-refractivity contribution in [2.75, 3.05) is 124 Å². The van der Waals surface area contributed by atoms with E-state index in [0.717, 1.165) is 242 Å². The van der Waals surface area contributed by atoms with Gasteiger partial charge in [-0.25, -0.2) is 49.8 Å². The van der Waals surface area contributed by atoms with Gasteiger partial charge in [0.25, 0.3) is 0 Å². The quantitative estimate of drug-likeness (QED) is 0.0761. The number of morpholine rings is 2. The third kappa shape index (κ3) is 19.8. The number of nitrogens with zero attached hydrogens (tertiary/aromatic N) is 19. The summed E-state index contributed by atoms with van der Waals surface area (Å²) in [7, 11) is 0. The zero-order valence-corrected chi connectivity index (χ0v) is 71.1. The number of nitrogens with one attached hydrogen (secondary N) is 2. The van der Waals surface area contributed by atoms with Gasteiger partial charge in [-0.05, 0) is 162 Å². The molecule has 0 bridgehead atoms. The van der Waals surface area contributed by atoms with Crippen LogP contribution in [0.4, 0.5) is 29.1 Å². The first-order chi connectivity index (χ1) is 58.1. The number of halogens is 1. The van der Waals surface area contributed by atoms with E-state index in [1.165, 1.54) is 0 Å². The second-order valence-corrected chi connectivity index (χ2v) is 33.3. The number of ether oxygens (including phenoxy) is 3. The molecular formula is C87H86BrN21O4S5. The Hall–Kier alpha value is -10.8. The average molecular weight is 1730 g/mol. The molecule has 4 aliphatic heterocycles. The van der Waals surface area contributed by atoms with E-state index in [2.05, 4.69) is 169 Å². The number of carbonyl (C=O) groups is 1. The first-order valence-corrected chi connectivity index (χ1v) is 44.7. The number of benzene rings is 1. The molecule has 0 saturated carbocycles. The largest absolute Gasteiger partial charge is 0.378 e.